The predicted molar refractivity (Wildman–Crippen MR) is 81.7 cm³/mol. The van der Waals surface area contributed by atoms with E-state index in [1.165, 1.54) is 0 Å². The first kappa shape index (κ1) is 16.0. The largest absolute Gasteiger partial charge is 0.395 e. The van der Waals surface area contributed by atoms with Crippen LogP contribution in [0.3, 0.4) is 0 Å². The van der Waals surface area contributed by atoms with Gasteiger partial charge in [0.2, 0.25) is 5.91 Å². The number of carbonyl (C=O) groups is 1. The SMILES string of the molecule is CC1(C)CC(CO)(CCCOCc2ccccc2)C(=O)N1. The van der Waals surface area contributed by atoms with Gasteiger partial charge in [-0.15, -0.1) is 0 Å². The third-order valence-corrected chi connectivity index (χ3v) is 4.07. The molecule has 1 atom stereocenters. The highest BCUT2D eigenvalue weighted by Gasteiger charge is 2.49. The minimum absolute atomic E-state index is 0.0296. The molecule has 2 rings (SSSR count). The lowest BCUT2D eigenvalue weighted by molar-refractivity contribution is -0.130. The van der Waals surface area contributed by atoms with Gasteiger partial charge >= 0.3 is 0 Å². The Kier molecular flexibility index (Phi) is 5.01. The molecule has 0 radical (unpaired) electrons. The molecular weight excluding hydrogens is 266 g/mol. The highest BCUT2D eigenvalue weighted by molar-refractivity contribution is 5.86. The van der Waals surface area contributed by atoms with Crippen LogP contribution in [0.2, 0.25) is 0 Å². The van der Waals surface area contributed by atoms with Gasteiger partial charge in [-0.1, -0.05) is 30.3 Å². The van der Waals surface area contributed by atoms with Crippen LogP contribution in [0.5, 0.6) is 0 Å². The molecule has 0 saturated carbocycles. The second-order valence-electron chi connectivity index (χ2n) is 6.59. The lowest BCUT2D eigenvalue weighted by atomic mass is 9.78. The van der Waals surface area contributed by atoms with Gasteiger partial charge in [-0.2, -0.15) is 0 Å². The van der Waals surface area contributed by atoms with E-state index in [0.717, 1.165) is 12.0 Å². The van der Waals surface area contributed by atoms with Crippen molar-refractivity contribution >= 4 is 5.91 Å². The average molecular weight is 291 g/mol. The van der Waals surface area contributed by atoms with Crippen molar-refractivity contribution in [3.05, 3.63) is 35.9 Å². The summed E-state index contributed by atoms with van der Waals surface area (Å²) >= 11 is 0. The first-order valence-electron chi connectivity index (χ1n) is 7.53. The maximum absolute atomic E-state index is 12.1. The number of nitrogens with one attached hydrogen (secondary N) is 1. The van der Waals surface area contributed by atoms with E-state index in [1.54, 1.807) is 0 Å². The molecular formula is C17H25NO3. The molecule has 1 saturated heterocycles. The molecule has 1 aromatic carbocycles. The zero-order valence-corrected chi connectivity index (χ0v) is 12.9. The van der Waals surface area contributed by atoms with Crippen molar-refractivity contribution in [3.63, 3.8) is 0 Å². The Labute approximate surface area is 126 Å². The zero-order chi connectivity index (χ0) is 15.3. The molecule has 21 heavy (non-hydrogen) atoms. The minimum atomic E-state index is -0.639. The van der Waals surface area contributed by atoms with Crippen molar-refractivity contribution in [1.82, 2.24) is 5.32 Å². The predicted octanol–water partition coefficient (Wildman–Crippen LogP) is 2.26. The summed E-state index contributed by atoms with van der Waals surface area (Å²) in [4.78, 5) is 12.1. The first-order chi connectivity index (χ1) is 9.97. The maximum atomic E-state index is 12.1. The second-order valence-corrected chi connectivity index (χ2v) is 6.59. The number of benzene rings is 1. The molecule has 1 heterocycles. The number of aliphatic hydroxyl groups is 1. The Bertz CT molecular complexity index is 472. The van der Waals surface area contributed by atoms with Crippen molar-refractivity contribution < 1.29 is 14.6 Å². The molecule has 1 amide bonds. The van der Waals surface area contributed by atoms with Crippen LogP contribution in [0.4, 0.5) is 0 Å². The van der Waals surface area contributed by atoms with Gasteiger partial charge in [0.1, 0.15) is 0 Å². The summed E-state index contributed by atoms with van der Waals surface area (Å²) in [5, 5.41) is 12.6. The molecule has 0 aliphatic carbocycles. The van der Waals surface area contributed by atoms with E-state index in [9.17, 15) is 9.90 Å². The Balaban J connectivity index is 1.76. The molecule has 1 aromatic rings. The lowest BCUT2D eigenvalue weighted by Crippen LogP contribution is -2.37. The minimum Gasteiger partial charge on any atom is -0.395 e. The van der Waals surface area contributed by atoms with E-state index in [1.807, 2.05) is 44.2 Å². The monoisotopic (exact) mass is 291 g/mol. The zero-order valence-electron chi connectivity index (χ0n) is 12.9. The van der Waals surface area contributed by atoms with Gasteiger partial charge in [0.15, 0.2) is 0 Å². The van der Waals surface area contributed by atoms with Gasteiger partial charge in [0.05, 0.1) is 18.6 Å². The van der Waals surface area contributed by atoms with Crippen LogP contribution in [0, 0.1) is 5.41 Å². The standard InChI is InChI=1S/C17H25NO3/c1-16(2)12-17(13-19,15(20)18-16)9-6-10-21-11-14-7-4-3-5-8-14/h3-5,7-8,19H,6,9-13H2,1-2H3,(H,18,20). The quantitative estimate of drug-likeness (QED) is 0.758. The summed E-state index contributed by atoms with van der Waals surface area (Å²) in [5.41, 5.74) is 0.277. The number of hydrogen-bond acceptors (Lipinski definition) is 3. The van der Waals surface area contributed by atoms with E-state index in [-0.39, 0.29) is 18.1 Å². The smallest absolute Gasteiger partial charge is 0.229 e. The van der Waals surface area contributed by atoms with Crippen LogP contribution in [-0.2, 0) is 16.1 Å². The topological polar surface area (TPSA) is 58.6 Å². The fourth-order valence-electron chi connectivity index (χ4n) is 3.10. The molecule has 1 fully saturated rings. The number of aliphatic hydroxyl groups excluding tert-OH is 1. The lowest BCUT2D eigenvalue weighted by Gasteiger charge is -2.25. The normalized spacial score (nSPS) is 24.0. The summed E-state index contributed by atoms with van der Waals surface area (Å²) in [6.45, 7) is 5.08. The number of amides is 1. The van der Waals surface area contributed by atoms with Crippen LogP contribution in [0.25, 0.3) is 0 Å². The van der Waals surface area contributed by atoms with Gasteiger partial charge in [0, 0.05) is 12.1 Å². The number of carbonyl (C=O) groups excluding carboxylic acids is 1. The molecule has 0 aromatic heterocycles. The van der Waals surface area contributed by atoms with Crippen molar-refractivity contribution in [2.75, 3.05) is 13.2 Å². The van der Waals surface area contributed by atoms with Gasteiger partial charge in [-0.25, -0.2) is 0 Å². The highest BCUT2D eigenvalue weighted by Crippen LogP contribution is 2.39. The molecule has 116 valence electrons. The molecule has 4 nitrogen and oxygen atoms in total. The van der Waals surface area contributed by atoms with E-state index >= 15 is 0 Å². The summed E-state index contributed by atoms with van der Waals surface area (Å²) < 4.78 is 5.64. The molecule has 1 aliphatic rings. The molecule has 2 N–H and O–H groups in total. The van der Waals surface area contributed by atoms with Crippen LogP contribution in [-0.4, -0.2) is 29.8 Å². The molecule has 1 aliphatic heterocycles. The van der Waals surface area contributed by atoms with Crippen molar-refractivity contribution in [1.29, 1.82) is 0 Å². The summed E-state index contributed by atoms with van der Waals surface area (Å²) in [6, 6.07) is 10.0. The molecule has 0 spiro atoms. The number of ether oxygens (including phenoxy) is 1. The van der Waals surface area contributed by atoms with Crippen molar-refractivity contribution in [3.8, 4) is 0 Å². The molecule has 0 bridgehead atoms. The second kappa shape index (κ2) is 6.58. The average Bonchev–Trinajstić information content (AvgIpc) is 2.69. The van der Waals surface area contributed by atoms with E-state index in [2.05, 4.69) is 5.32 Å². The Hall–Kier alpha value is -1.39. The summed E-state index contributed by atoms with van der Waals surface area (Å²) in [5.74, 6) is -0.0296. The van der Waals surface area contributed by atoms with Crippen LogP contribution < -0.4 is 5.32 Å². The van der Waals surface area contributed by atoms with Gasteiger partial charge in [0.25, 0.3) is 0 Å². The highest BCUT2D eigenvalue weighted by atomic mass is 16.5. The summed E-state index contributed by atoms with van der Waals surface area (Å²) in [6.07, 6.45) is 2.11. The third kappa shape index (κ3) is 4.05. The Morgan fingerprint density at radius 3 is 2.57 bits per heavy atom. The van der Waals surface area contributed by atoms with Gasteiger partial charge < -0.3 is 15.2 Å². The van der Waals surface area contributed by atoms with Crippen molar-refractivity contribution in [2.24, 2.45) is 5.41 Å². The van der Waals surface area contributed by atoms with Crippen LogP contribution in [0.15, 0.2) is 30.3 Å². The number of hydrogen-bond donors (Lipinski definition) is 2. The molecule has 1 unspecified atom stereocenters. The van der Waals surface area contributed by atoms with Crippen LogP contribution in [0.1, 0.15) is 38.7 Å². The molecule has 4 heteroatoms. The Morgan fingerprint density at radius 1 is 1.29 bits per heavy atom. The maximum Gasteiger partial charge on any atom is 0.229 e. The fraction of sp³-hybridized carbons (Fsp3) is 0.588. The van der Waals surface area contributed by atoms with E-state index in [0.29, 0.717) is 26.1 Å². The van der Waals surface area contributed by atoms with Gasteiger partial charge in [-0.3, -0.25) is 4.79 Å². The first-order valence-corrected chi connectivity index (χ1v) is 7.53. The Morgan fingerprint density at radius 2 is 2.00 bits per heavy atom. The summed E-state index contributed by atoms with van der Waals surface area (Å²) in [7, 11) is 0. The van der Waals surface area contributed by atoms with E-state index in [4.69, 9.17) is 4.74 Å². The third-order valence-electron chi connectivity index (χ3n) is 4.07. The fourth-order valence-corrected chi connectivity index (χ4v) is 3.10. The van der Waals surface area contributed by atoms with Gasteiger partial charge in [-0.05, 0) is 38.7 Å². The van der Waals surface area contributed by atoms with E-state index < -0.39 is 5.41 Å². The van der Waals surface area contributed by atoms with Crippen LogP contribution >= 0.6 is 0 Å². The van der Waals surface area contributed by atoms with Crippen molar-refractivity contribution in [2.45, 2.75) is 45.3 Å². The number of rotatable bonds is 7.